The highest BCUT2D eigenvalue weighted by atomic mass is 19.1. The van der Waals surface area contributed by atoms with Gasteiger partial charge in [-0.05, 0) is 0 Å². The minimum Gasteiger partial charge on any atom is -0.394 e. The summed E-state index contributed by atoms with van der Waals surface area (Å²) in [6, 6.07) is -1.44. The number of halogens is 1. The summed E-state index contributed by atoms with van der Waals surface area (Å²) in [6.45, 7) is -1.36. The molecule has 3 rings (SSSR count). The minimum atomic E-state index is -2.34. The highest BCUT2D eigenvalue weighted by molar-refractivity contribution is 5.73. The molecule has 9 unspecified atom stereocenters. The maximum absolute atomic E-state index is 13.8. The summed E-state index contributed by atoms with van der Waals surface area (Å²) in [6.07, 6.45) is -24.6. The van der Waals surface area contributed by atoms with Crippen LogP contribution in [0.4, 0.5) is 4.39 Å². The second-order valence-corrected chi connectivity index (χ2v) is 9.03. The summed E-state index contributed by atoms with van der Waals surface area (Å²) < 4.78 is 40.4. The van der Waals surface area contributed by atoms with E-state index in [0.29, 0.717) is 0 Å². The van der Waals surface area contributed by atoms with E-state index in [1.54, 1.807) is 0 Å². The van der Waals surface area contributed by atoms with Gasteiger partial charge in [-0.25, -0.2) is 4.39 Å². The summed E-state index contributed by atoms with van der Waals surface area (Å²) >= 11 is 0. The molecule has 216 valence electrons. The van der Waals surface area contributed by atoms with Gasteiger partial charge in [-0.1, -0.05) is 0 Å². The van der Waals surface area contributed by atoms with Crippen molar-refractivity contribution in [2.45, 2.75) is 99.0 Å². The number of ether oxygens (including phenoxy) is 5. The Labute approximate surface area is 209 Å². The predicted octanol–water partition coefficient (Wildman–Crippen LogP) is -6.45. The van der Waals surface area contributed by atoms with E-state index in [-0.39, 0.29) is 0 Å². The molecule has 0 aromatic carbocycles. The van der Waals surface area contributed by atoms with Crippen molar-refractivity contribution in [2.75, 3.05) is 19.8 Å². The summed E-state index contributed by atoms with van der Waals surface area (Å²) in [5.41, 5.74) is 0. The molecule has 37 heavy (non-hydrogen) atoms. The summed E-state index contributed by atoms with van der Waals surface area (Å²) in [5, 5.41) is 93.2. The fourth-order valence-electron chi connectivity index (χ4n) is 4.43. The Hall–Kier alpha value is -1.16. The van der Waals surface area contributed by atoms with E-state index < -0.39 is 118 Å². The summed E-state index contributed by atoms with van der Waals surface area (Å²) in [5.74, 6) is -0.663. The third-order valence-corrected chi connectivity index (χ3v) is 6.46. The standard InChI is InChI=1S/C20H34FNO15/c1-5(26)22-9-12(29)10(27)6(2-23)34-19(9)37-17-11(28)7(3-24)35-20(15(17)32)36-16-8(4-25)33-18(21)14(31)13(16)30/h6-20,23-25,27-32H,2-4H2,1H3,(H,22,26)/t6?,7?,8?,9?,10-,11+,12?,13?,14?,15?,16-,17?,18+,19+,20+/m1/s1. The lowest BCUT2D eigenvalue weighted by molar-refractivity contribution is -0.369. The zero-order valence-electron chi connectivity index (χ0n) is 19.6. The minimum absolute atomic E-state index is 0.663. The average molecular weight is 547 g/mol. The van der Waals surface area contributed by atoms with E-state index in [2.05, 4.69) is 5.32 Å². The van der Waals surface area contributed by atoms with Gasteiger partial charge in [0.2, 0.25) is 12.3 Å². The van der Waals surface area contributed by atoms with Crippen LogP contribution in [0.25, 0.3) is 0 Å². The number of aliphatic hydroxyl groups excluding tert-OH is 9. The fraction of sp³-hybridized carbons (Fsp3) is 0.950. The number of carbonyl (C=O) groups excluding carboxylic acids is 1. The largest absolute Gasteiger partial charge is 0.394 e. The Morgan fingerprint density at radius 3 is 1.81 bits per heavy atom. The number of hydrogen-bond donors (Lipinski definition) is 10. The van der Waals surface area contributed by atoms with Gasteiger partial charge in [0.25, 0.3) is 0 Å². The molecule has 3 saturated heterocycles. The molecular weight excluding hydrogens is 513 g/mol. The Bertz CT molecular complexity index is 751. The SMILES string of the molecule is CC(=O)NC1C(O)[C@H](O)C(CO)O[C@H]1OC1C(O)[C@H](O[C@@H]2C(CO)O[C@H](F)C(O)C2O)OC(CO)[C@@H]1O. The number of carbonyl (C=O) groups is 1. The van der Waals surface area contributed by atoms with Crippen molar-refractivity contribution in [1.82, 2.24) is 5.32 Å². The second-order valence-electron chi connectivity index (χ2n) is 9.03. The van der Waals surface area contributed by atoms with Gasteiger partial charge in [-0.3, -0.25) is 4.79 Å². The molecule has 3 heterocycles. The molecule has 16 nitrogen and oxygen atoms in total. The number of rotatable bonds is 8. The summed E-state index contributed by atoms with van der Waals surface area (Å²) in [4.78, 5) is 11.7. The highest BCUT2D eigenvalue weighted by Crippen LogP contribution is 2.32. The lowest BCUT2D eigenvalue weighted by Crippen LogP contribution is -2.68. The number of nitrogens with one attached hydrogen (secondary N) is 1. The fourth-order valence-corrected chi connectivity index (χ4v) is 4.43. The molecule has 0 aromatic rings. The van der Waals surface area contributed by atoms with Crippen LogP contribution in [-0.2, 0) is 28.5 Å². The van der Waals surface area contributed by atoms with Crippen LogP contribution >= 0.6 is 0 Å². The molecule has 0 aromatic heterocycles. The maximum atomic E-state index is 13.8. The van der Waals surface area contributed by atoms with Crippen LogP contribution < -0.4 is 5.32 Å². The molecule has 0 spiro atoms. The van der Waals surface area contributed by atoms with Crippen molar-refractivity contribution >= 4 is 5.91 Å². The summed E-state index contributed by atoms with van der Waals surface area (Å²) in [7, 11) is 0. The normalized spacial score (nSPS) is 49.0. The third kappa shape index (κ3) is 6.36. The van der Waals surface area contributed by atoms with Gasteiger partial charge in [0.05, 0.1) is 19.8 Å². The number of alkyl halides is 1. The topological polar surface area (TPSA) is 257 Å². The van der Waals surface area contributed by atoms with Gasteiger partial charge < -0.3 is 75.0 Å². The first-order chi connectivity index (χ1) is 17.4. The van der Waals surface area contributed by atoms with Crippen LogP contribution in [-0.4, -0.2) is 164 Å². The zero-order valence-corrected chi connectivity index (χ0v) is 19.6. The van der Waals surface area contributed by atoms with Crippen LogP contribution in [0.1, 0.15) is 6.92 Å². The first-order valence-electron chi connectivity index (χ1n) is 11.5. The molecule has 3 fully saturated rings. The van der Waals surface area contributed by atoms with Gasteiger partial charge in [-0.15, -0.1) is 0 Å². The molecule has 3 aliphatic rings. The molecule has 1 amide bonds. The van der Waals surface area contributed by atoms with Crippen LogP contribution in [0.2, 0.25) is 0 Å². The Balaban J connectivity index is 1.83. The van der Waals surface area contributed by atoms with Gasteiger partial charge in [-0.2, -0.15) is 0 Å². The van der Waals surface area contributed by atoms with E-state index >= 15 is 0 Å². The van der Waals surface area contributed by atoms with Crippen molar-refractivity contribution in [3.8, 4) is 0 Å². The lowest BCUT2D eigenvalue weighted by atomic mass is 9.95. The van der Waals surface area contributed by atoms with Gasteiger partial charge in [0.1, 0.15) is 73.2 Å². The quantitative estimate of drug-likeness (QED) is 0.135. The molecular formula is C20H34FNO15. The van der Waals surface area contributed by atoms with E-state index in [4.69, 9.17) is 23.7 Å². The van der Waals surface area contributed by atoms with Crippen molar-refractivity contribution < 1.29 is 78.8 Å². The number of hydrogen-bond acceptors (Lipinski definition) is 15. The van der Waals surface area contributed by atoms with Crippen LogP contribution in [0.3, 0.4) is 0 Å². The van der Waals surface area contributed by atoms with Crippen LogP contribution in [0, 0.1) is 0 Å². The first-order valence-corrected chi connectivity index (χ1v) is 11.5. The third-order valence-electron chi connectivity index (χ3n) is 6.46. The van der Waals surface area contributed by atoms with E-state index in [0.717, 1.165) is 6.92 Å². The number of aliphatic hydroxyl groups is 9. The Kier molecular flexibility index (Phi) is 10.5. The maximum Gasteiger partial charge on any atom is 0.228 e. The highest BCUT2D eigenvalue weighted by Gasteiger charge is 2.53. The molecule has 15 atom stereocenters. The van der Waals surface area contributed by atoms with Crippen molar-refractivity contribution in [2.24, 2.45) is 0 Å². The molecule has 0 aliphatic carbocycles. The van der Waals surface area contributed by atoms with Crippen molar-refractivity contribution in [3.05, 3.63) is 0 Å². The average Bonchev–Trinajstić information content (AvgIpc) is 2.86. The smallest absolute Gasteiger partial charge is 0.228 e. The molecule has 10 N–H and O–H groups in total. The van der Waals surface area contributed by atoms with Crippen LogP contribution in [0.5, 0.6) is 0 Å². The molecule has 3 aliphatic heterocycles. The van der Waals surface area contributed by atoms with Crippen LogP contribution in [0.15, 0.2) is 0 Å². The first kappa shape index (κ1) is 30.4. The molecule has 0 radical (unpaired) electrons. The zero-order chi connectivity index (χ0) is 27.6. The monoisotopic (exact) mass is 547 g/mol. The van der Waals surface area contributed by atoms with E-state index in [1.807, 2.05) is 0 Å². The van der Waals surface area contributed by atoms with Gasteiger partial charge in [0.15, 0.2) is 12.6 Å². The molecule has 0 saturated carbocycles. The second kappa shape index (κ2) is 12.8. The van der Waals surface area contributed by atoms with E-state index in [9.17, 15) is 55.1 Å². The number of amides is 1. The lowest BCUT2D eigenvalue weighted by Gasteiger charge is -2.48. The Morgan fingerprint density at radius 1 is 0.703 bits per heavy atom. The van der Waals surface area contributed by atoms with E-state index in [1.165, 1.54) is 0 Å². The van der Waals surface area contributed by atoms with Gasteiger partial charge >= 0.3 is 0 Å². The van der Waals surface area contributed by atoms with Gasteiger partial charge in [0, 0.05) is 6.92 Å². The predicted molar refractivity (Wildman–Crippen MR) is 112 cm³/mol. The molecule has 17 heteroatoms. The van der Waals surface area contributed by atoms with Crippen molar-refractivity contribution in [3.63, 3.8) is 0 Å². The molecule has 0 bridgehead atoms. The Morgan fingerprint density at radius 2 is 1.24 bits per heavy atom. The van der Waals surface area contributed by atoms with Crippen molar-refractivity contribution in [1.29, 1.82) is 0 Å².